The maximum absolute atomic E-state index is 12.9. The first-order valence-corrected chi connectivity index (χ1v) is 10.4. The summed E-state index contributed by atoms with van der Waals surface area (Å²) < 4.78 is 0. The standard InChI is InChI=1S/C20H18ClNO2S2/c1-3-25-19-12(2)15(17-5-4-10-26-17)11-16(23)18(19)20(24)22-14-8-6-13(21)7-9-14/h4-11,23H,3H2,1-2H3,(H,22,24). The number of rotatable bonds is 5. The maximum atomic E-state index is 12.9. The van der Waals surface area contributed by atoms with Gasteiger partial charge in [-0.25, -0.2) is 0 Å². The van der Waals surface area contributed by atoms with Crippen molar-refractivity contribution in [3.63, 3.8) is 0 Å². The molecule has 26 heavy (non-hydrogen) atoms. The molecule has 0 atom stereocenters. The second-order valence-electron chi connectivity index (χ2n) is 5.64. The van der Waals surface area contributed by atoms with Gasteiger partial charge >= 0.3 is 0 Å². The van der Waals surface area contributed by atoms with Crippen molar-refractivity contribution in [2.45, 2.75) is 18.7 Å². The first-order valence-electron chi connectivity index (χ1n) is 8.11. The lowest BCUT2D eigenvalue weighted by Crippen LogP contribution is -2.14. The number of carbonyl (C=O) groups is 1. The molecule has 0 aliphatic carbocycles. The van der Waals surface area contributed by atoms with Crippen LogP contribution in [-0.4, -0.2) is 16.8 Å². The van der Waals surface area contributed by atoms with E-state index < -0.39 is 0 Å². The Bertz CT molecular complexity index is 922. The Kier molecular flexibility index (Phi) is 5.91. The highest BCUT2D eigenvalue weighted by atomic mass is 35.5. The summed E-state index contributed by atoms with van der Waals surface area (Å²) in [6.07, 6.45) is 0. The number of phenols is 1. The van der Waals surface area contributed by atoms with Gasteiger partial charge in [-0.1, -0.05) is 24.6 Å². The van der Waals surface area contributed by atoms with Gasteiger partial charge in [-0.2, -0.15) is 0 Å². The quantitative estimate of drug-likeness (QED) is 0.481. The summed E-state index contributed by atoms with van der Waals surface area (Å²) in [5, 5.41) is 16.1. The predicted octanol–water partition coefficient (Wildman–Crippen LogP) is 6.45. The molecule has 0 aliphatic heterocycles. The Morgan fingerprint density at radius 3 is 2.62 bits per heavy atom. The largest absolute Gasteiger partial charge is 0.507 e. The van der Waals surface area contributed by atoms with E-state index in [0.29, 0.717) is 16.3 Å². The Labute approximate surface area is 166 Å². The minimum absolute atomic E-state index is 0.0126. The van der Waals surface area contributed by atoms with Crippen molar-refractivity contribution in [3.8, 4) is 16.2 Å². The number of hydrogen-bond acceptors (Lipinski definition) is 4. The number of anilines is 1. The minimum Gasteiger partial charge on any atom is -0.507 e. The van der Waals surface area contributed by atoms with Crippen molar-refractivity contribution >= 4 is 46.3 Å². The molecule has 3 aromatic rings. The Balaban J connectivity index is 2.04. The number of amides is 1. The summed E-state index contributed by atoms with van der Waals surface area (Å²) in [5.74, 6) is 0.457. The average Bonchev–Trinajstić information content (AvgIpc) is 3.14. The molecule has 3 nitrogen and oxygen atoms in total. The molecule has 1 aromatic heterocycles. The Morgan fingerprint density at radius 2 is 2.00 bits per heavy atom. The van der Waals surface area contributed by atoms with Crippen molar-refractivity contribution in [3.05, 3.63) is 64.0 Å². The maximum Gasteiger partial charge on any atom is 0.260 e. The molecule has 0 aliphatic rings. The van der Waals surface area contributed by atoms with Crippen LogP contribution in [0.15, 0.2) is 52.7 Å². The number of thioether (sulfide) groups is 1. The fourth-order valence-electron chi connectivity index (χ4n) is 2.70. The van der Waals surface area contributed by atoms with Crippen LogP contribution in [0.3, 0.4) is 0 Å². The second-order valence-corrected chi connectivity index (χ2v) is 8.30. The number of aromatic hydroxyl groups is 1. The van der Waals surface area contributed by atoms with Gasteiger partial charge in [0.2, 0.25) is 0 Å². The zero-order valence-electron chi connectivity index (χ0n) is 14.4. The van der Waals surface area contributed by atoms with Gasteiger partial charge < -0.3 is 10.4 Å². The number of halogens is 1. The summed E-state index contributed by atoms with van der Waals surface area (Å²) >= 11 is 9.06. The molecule has 0 saturated carbocycles. The summed E-state index contributed by atoms with van der Waals surface area (Å²) in [7, 11) is 0. The average molecular weight is 404 g/mol. The van der Waals surface area contributed by atoms with Crippen molar-refractivity contribution < 1.29 is 9.90 Å². The van der Waals surface area contributed by atoms with E-state index in [1.807, 2.05) is 31.4 Å². The fourth-order valence-corrected chi connectivity index (χ4v) is 4.58. The molecule has 0 fully saturated rings. The number of nitrogens with one attached hydrogen (secondary N) is 1. The van der Waals surface area contributed by atoms with Gasteiger partial charge in [-0.15, -0.1) is 23.1 Å². The van der Waals surface area contributed by atoms with E-state index >= 15 is 0 Å². The van der Waals surface area contributed by atoms with E-state index in [4.69, 9.17) is 11.6 Å². The molecule has 0 spiro atoms. The molecule has 6 heteroatoms. The van der Waals surface area contributed by atoms with E-state index in [1.165, 1.54) is 0 Å². The van der Waals surface area contributed by atoms with Crippen LogP contribution < -0.4 is 5.32 Å². The normalized spacial score (nSPS) is 10.7. The third-order valence-electron chi connectivity index (χ3n) is 3.91. The summed E-state index contributed by atoms with van der Waals surface area (Å²) in [5.41, 5.74) is 2.89. The van der Waals surface area contributed by atoms with Crippen molar-refractivity contribution in [1.82, 2.24) is 0 Å². The summed E-state index contributed by atoms with van der Waals surface area (Å²) in [6.45, 7) is 4.02. The van der Waals surface area contributed by atoms with E-state index in [9.17, 15) is 9.90 Å². The SMILES string of the molecule is CCSc1c(C)c(-c2cccs2)cc(O)c1C(=O)Nc1ccc(Cl)cc1. The van der Waals surface area contributed by atoms with Crippen molar-refractivity contribution in [2.75, 3.05) is 11.1 Å². The van der Waals surface area contributed by atoms with Crippen molar-refractivity contribution in [1.29, 1.82) is 0 Å². The molecule has 2 aromatic carbocycles. The van der Waals surface area contributed by atoms with Gasteiger partial charge in [0.15, 0.2) is 0 Å². The minimum atomic E-state index is -0.332. The number of phenolic OH excluding ortho intramolecular Hbond substituents is 1. The van der Waals surface area contributed by atoms with Crippen LogP contribution in [0.4, 0.5) is 5.69 Å². The number of benzene rings is 2. The molecule has 0 bridgehead atoms. The van der Waals surface area contributed by atoms with E-state index in [1.54, 1.807) is 53.4 Å². The topological polar surface area (TPSA) is 49.3 Å². The van der Waals surface area contributed by atoms with Gasteiger partial charge in [0.25, 0.3) is 5.91 Å². The molecule has 3 rings (SSSR count). The highest BCUT2D eigenvalue weighted by Crippen LogP contribution is 2.40. The Morgan fingerprint density at radius 1 is 1.27 bits per heavy atom. The van der Waals surface area contributed by atoms with Gasteiger partial charge in [0.05, 0.1) is 5.56 Å². The van der Waals surface area contributed by atoms with Crippen LogP contribution in [0.2, 0.25) is 5.02 Å². The zero-order chi connectivity index (χ0) is 18.7. The van der Waals surface area contributed by atoms with Crippen LogP contribution in [-0.2, 0) is 0 Å². The lowest BCUT2D eigenvalue weighted by atomic mass is 10.0. The number of carbonyl (C=O) groups excluding carboxylic acids is 1. The van der Waals surface area contributed by atoms with Crippen LogP contribution in [0, 0.1) is 6.92 Å². The molecule has 0 unspecified atom stereocenters. The smallest absolute Gasteiger partial charge is 0.260 e. The summed E-state index contributed by atoms with van der Waals surface area (Å²) in [6, 6.07) is 12.6. The molecule has 2 N–H and O–H groups in total. The highest BCUT2D eigenvalue weighted by Gasteiger charge is 2.22. The monoisotopic (exact) mass is 403 g/mol. The van der Waals surface area contributed by atoms with Gasteiger partial charge in [-0.05, 0) is 65.6 Å². The molecular weight excluding hydrogens is 386 g/mol. The molecule has 0 saturated heterocycles. The third kappa shape index (κ3) is 3.90. The van der Waals surface area contributed by atoms with Gasteiger partial charge in [-0.3, -0.25) is 4.79 Å². The number of hydrogen-bond donors (Lipinski definition) is 2. The summed E-state index contributed by atoms with van der Waals surface area (Å²) in [4.78, 5) is 14.7. The molecule has 134 valence electrons. The zero-order valence-corrected chi connectivity index (χ0v) is 16.8. The van der Waals surface area contributed by atoms with Crippen LogP contribution in [0.5, 0.6) is 5.75 Å². The van der Waals surface area contributed by atoms with Crippen LogP contribution in [0.1, 0.15) is 22.8 Å². The predicted molar refractivity (Wildman–Crippen MR) is 112 cm³/mol. The van der Waals surface area contributed by atoms with Crippen LogP contribution >= 0.6 is 34.7 Å². The van der Waals surface area contributed by atoms with E-state index in [0.717, 1.165) is 26.7 Å². The first-order chi connectivity index (χ1) is 12.5. The molecule has 0 radical (unpaired) electrons. The molecule has 1 amide bonds. The first kappa shape index (κ1) is 18.8. The lowest BCUT2D eigenvalue weighted by Gasteiger charge is -2.17. The fraction of sp³-hybridized carbons (Fsp3) is 0.150. The third-order valence-corrected chi connectivity index (χ3v) is 6.16. The molecular formula is C20H18ClNO2S2. The molecule has 1 heterocycles. The second kappa shape index (κ2) is 8.16. The lowest BCUT2D eigenvalue weighted by molar-refractivity contribution is 0.102. The van der Waals surface area contributed by atoms with Crippen LogP contribution in [0.25, 0.3) is 10.4 Å². The number of thiophene rings is 1. The highest BCUT2D eigenvalue weighted by molar-refractivity contribution is 7.99. The van der Waals surface area contributed by atoms with Gasteiger partial charge in [0, 0.05) is 20.5 Å². The van der Waals surface area contributed by atoms with Gasteiger partial charge in [0.1, 0.15) is 5.75 Å². The van der Waals surface area contributed by atoms with E-state index in [2.05, 4.69) is 5.32 Å². The van der Waals surface area contributed by atoms with E-state index in [-0.39, 0.29) is 11.7 Å². The van der Waals surface area contributed by atoms with Crippen molar-refractivity contribution in [2.24, 2.45) is 0 Å². The Hall–Kier alpha value is -1.95.